The van der Waals surface area contributed by atoms with Crippen molar-refractivity contribution in [2.75, 3.05) is 6.54 Å². The van der Waals surface area contributed by atoms with Crippen molar-refractivity contribution in [1.82, 2.24) is 4.98 Å². The molecule has 0 radical (unpaired) electrons. The summed E-state index contributed by atoms with van der Waals surface area (Å²) in [4.78, 5) is 7.50. The van der Waals surface area contributed by atoms with Crippen LogP contribution >= 0.6 is 0 Å². The first-order chi connectivity index (χ1) is 6.86. The van der Waals surface area contributed by atoms with E-state index in [2.05, 4.69) is 15.9 Å². The molecule has 0 fully saturated rings. The Hall–Kier alpha value is -1.87. The number of pyridine rings is 1. The molecule has 0 atom stereocenters. The number of aromatic nitrogens is 1. The largest absolute Gasteiger partial charge is 0.317 e. The van der Waals surface area contributed by atoms with Gasteiger partial charge in [0.1, 0.15) is 0 Å². The number of hydrogen-bond acceptors (Lipinski definition) is 2. The fourth-order valence-electron chi connectivity index (χ4n) is 1.12. The average Bonchev–Trinajstić information content (AvgIpc) is 2.25. The molecule has 0 aliphatic heterocycles. The molecule has 1 rings (SSSR count). The van der Waals surface area contributed by atoms with E-state index in [0.717, 1.165) is 17.7 Å². The molecule has 0 spiro atoms. The van der Waals surface area contributed by atoms with Gasteiger partial charge in [0.15, 0.2) is 0 Å². The lowest BCUT2D eigenvalue weighted by atomic mass is 10.1. The molecule has 0 saturated carbocycles. The maximum atomic E-state index is 8.39. The highest BCUT2D eigenvalue weighted by Crippen LogP contribution is 2.03. The third-order valence-electron chi connectivity index (χ3n) is 1.89. The molecule has 1 heterocycles. The third kappa shape index (κ3) is 3.25. The van der Waals surface area contributed by atoms with E-state index in [-0.39, 0.29) is 0 Å². The molecule has 0 unspecified atom stereocenters. The second kappa shape index (κ2) is 5.72. The van der Waals surface area contributed by atoms with Gasteiger partial charge in [0.2, 0.25) is 6.54 Å². The van der Waals surface area contributed by atoms with Crippen molar-refractivity contribution in [3.8, 4) is 6.07 Å². The van der Waals surface area contributed by atoms with Crippen LogP contribution in [0.4, 0.5) is 0 Å². The predicted octanol–water partition coefficient (Wildman–Crippen LogP) is 2.00. The Morgan fingerprint density at radius 2 is 2.29 bits per heavy atom. The molecule has 0 bridgehead atoms. The van der Waals surface area contributed by atoms with E-state index in [1.54, 1.807) is 6.20 Å². The molecule has 0 aromatic carbocycles. The summed E-state index contributed by atoms with van der Waals surface area (Å²) in [5.41, 5.74) is 2.03. The first kappa shape index (κ1) is 10.2. The van der Waals surface area contributed by atoms with Crippen molar-refractivity contribution >= 4 is 0 Å². The lowest BCUT2D eigenvalue weighted by Gasteiger charge is -1.98. The minimum Gasteiger partial charge on any atom is -0.317 e. The number of rotatable bonds is 4. The van der Waals surface area contributed by atoms with Crippen molar-refractivity contribution in [3.63, 3.8) is 0 Å². The van der Waals surface area contributed by atoms with Crippen LogP contribution in [0.3, 0.4) is 0 Å². The van der Waals surface area contributed by atoms with E-state index in [1.807, 2.05) is 12.1 Å². The molecule has 0 N–H and O–H groups in total. The van der Waals surface area contributed by atoms with Gasteiger partial charge < -0.3 is 4.85 Å². The van der Waals surface area contributed by atoms with Gasteiger partial charge in [-0.15, -0.1) is 0 Å². The Morgan fingerprint density at radius 3 is 2.86 bits per heavy atom. The SMILES string of the molecule is [C-]#[N+]CCc1ccc(CCC#N)nc1. The molecule has 1 aromatic heterocycles. The third-order valence-corrected chi connectivity index (χ3v) is 1.89. The van der Waals surface area contributed by atoms with Crippen LogP contribution in [0.5, 0.6) is 0 Å². The van der Waals surface area contributed by atoms with Crippen LogP contribution in [0.1, 0.15) is 17.7 Å². The Balaban J connectivity index is 2.52. The molecule has 0 amide bonds. The molecular formula is C11H11N3. The van der Waals surface area contributed by atoms with Gasteiger partial charge in [-0.1, -0.05) is 6.07 Å². The van der Waals surface area contributed by atoms with Gasteiger partial charge >= 0.3 is 0 Å². The van der Waals surface area contributed by atoms with Crippen molar-refractivity contribution in [3.05, 3.63) is 41.0 Å². The maximum Gasteiger partial charge on any atom is 0.218 e. The molecule has 0 aliphatic carbocycles. The minimum atomic E-state index is 0.508. The highest BCUT2D eigenvalue weighted by atomic mass is 14.7. The topological polar surface area (TPSA) is 41.0 Å². The molecule has 70 valence electrons. The molecule has 1 aromatic rings. The Labute approximate surface area is 83.8 Å². The van der Waals surface area contributed by atoms with Crippen LogP contribution in [0.2, 0.25) is 0 Å². The molecular weight excluding hydrogens is 174 g/mol. The van der Waals surface area contributed by atoms with E-state index >= 15 is 0 Å². The first-order valence-electron chi connectivity index (χ1n) is 4.51. The zero-order valence-corrected chi connectivity index (χ0v) is 7.90. The van der Waals surface area contributed by atoms with Crippen LogP contribution in [0, 0.1) is 17.9 Å². The summed E-state index contributed by atoms with van der Waals surface area (Å²) >= 11 is 0. The second-order valence-electron chi connectivity index (χ2n) is 2.95. The summed E-state index contributed by atoms with van der Waals surface area (Å²) in [6, 6.07) is 5.99. The van der Waals surface area contributed by atoms with Crippen molar-refractivity contribution in [1.29, 1.82) is 5.26 Å². The number of hydrogen-bond donors (Lipinski definition) is 0. The number of aryl methyl sites for hydroxylation is 1. The molecule has 0 saturated heterocycles. The summed E-state index contributed by atoms with van der Waals surface area (Å²) in [7, 11) is 0. The summed E-state index contributed by atoms with van der Waals surface area (Å²) in [6.45, 7) is 7.17. The van der Waals surface area contributed by atoms with Gasteiger partial charge in [-0.05, 0) is 11.6 Å². The summed E-state index contributed by atoms with van der Waals surface area (Å²) < 4.78 is 0. The van der Waals surface area contributed by atoms with E-state index in [0.29, 0.717) is 19.4 Å². The van der Waals surface area contributed by atoms with Gasteiger partial charge in [0, 0.05) is 31.2 Å². The smallest absolute Gasteiger partial charge is 0.218 e. The highest BCUT2D eigenvalue weighted by Gasteiger charge is 1.97. The van der Waals surface area contributed by atoms with E-state index in [1.165, 1.54) is 0 Å². The van der Waals surface area contributed by atoms with Crippen molar-refractivity contribution in [2.24, 2.45) is 0 Å². The van der Waals surface area contributed by atoms with Gasteiger partial charge in [-0.25, -0.2) is 6.57 Å². The maximum absolute atomic E-state index is 8.39. The van der Waals surface area contributed by atoms with Crippen LogP contribution in [0.25, 0.3) is 4.85 Å². The first-order valence-corrected chi connectivity index (χ1v) is 4.51. The number of nitrogens with zero attached hydrogens (tertiary/aromatic N) is 3. The average molecular weight is 185 g/mol. The van der Waals surface area contributed by atoms with Gasteiger partial charge in [0.05, 0.1) is 6.07 Å². The van der Waals surface area contributed by atoms with Crippen LogP contribution < -0.4 is 0 Å². The zero-order valence-electron chi connectivity index (χ0n) is 7.90. The Bertz CT molecular complexity index is 317. The normalized spacial score (nSPS) is 9.00. The molecule has 14 heavy (non-hydrogen) atoms. The lowest BCUT2D eigenvalue weighted by Crippen LogP contribution is -1.93. The second-order valence-corrected chi connectivity index (χ2v) is 2.95. The standard InChI is InChI=1S/C11H11N3/c1-13-8-6-10-4-5-11(14-9-10)3-2-7-12/h4-5,9H,2-3,6,8H2. The van der Waals surface area contributed by atoms with Gasteiger partial charge in [-0.2, -0.15) is 5.26 Å². The fraction of sp³-hybridized carbons (Fsp3) is 0.364. The van der Waals surface area contributed by atoms with E-state index in [4.69, 9.17) is 11.8 Å². The van der Waals surface area contributed by atoms with Gasteiger partial charge in [0.25, 0.3) is 0 Å². The van der Waals surface area contributed by atoms with Crippen LogP contribution in [-0.2, 0) is 12.8 Å². The van der Waals surface area contributed by atoms with Crippen molar-refractivity contribution < 1.29 is 0 Å². The Kier molecular flexibility index (Phi) is 4.17. The molecule has 0 aliphatic rings. The lowest BCUT2D eigenvalue weighted by molar-refractivity contribution is 0.937. The molecule has 3 heteroatoms. The quantitative estimate of drug-likeness (QED) is 0.673. The minimum absolute atomic E-state index is 0.508. The number of nitriles is 1. The zero-order chi connectivity index (χ0) is 10.2. The summed E-state index contributed by atoms with van der Waals surface area (Å²) in [5.74, 6) is 0. The predicted molar refractivity (Wildman–Crippen MR) is 53.3 cm³/mol. The Morgan fingerprint density at radius 1 is 1.43 bits per heavy atom. The van der Waals surface area contributed by atoms with Gasteiger partial charge in [-0.3, -0.25) is 4.98 Å². The molecule has 3 nitrogen and oxygen atoms in total. The summed E-state index contributed by atoms with van der Waals surface area (Å²) in [5, 5.41) is 8.39. The van der Waals surface area contributed by atoms with E-state index < -0.39 is 0 Å². The van der Waals surface area contributed by atoms with Crippen LogP contribution in [0.15, 0.2) is 18.3 Å². The fourth-order valence-corrected chi connectivity index (χ4v) is 1.12. The van der Waals surface area contributed by atoms with Crippen molar-refractivity contribution in [2.45, 2.75) is 19.3 Å². The summed E-state index contributed by atoms with van der Waals surface area (Å²) in [6.07, 6.45) is 3.76. The van der Waals surface area contributed by atoms with Crippen LogP contribution in [-0.4, -0.2) is 11.5 Å². The highest BCUT2D eigenvalue weighted by molar-refractivity contribution is 5.15. The monoisotopic (exact) mass is 185 g/mol. The van der Waals surface area contributed by atoms with E-state index in [9.17, 15) is 0 Å².